The Morgan fingerprint density at radius 1 is 1.22 bits per heavy atom. The van der Waals surface area contributed by atoms with Crippen molar-refractivity contribution < 1.29 is 4.39 Å². The summed E-state index contributed by atoms with van der Waals surface area (Å²) in [5, 5.41) is 0. The third-order valence-corrected chi connectivity index (χ3v) is 2.17. The second kappa shape index (κ2) is 4.78. The Balaban J connectivity index is 3.50. The van der Waals surface area contributed by atoms with Crippen molar-refractivity contribution in [2.75, 3.05) is 6.67 Å². The topological polar surface area (TPSA) is 0 Å². The molecule has 0 radical (unpaired) electrons. The van der Waals surface area contributed by atoms with Crippen molar-refractivity contribution in [2.45, 2.75) is 33.6 Å². The predicted molar refractivity (Wildman–Crippen MR) is 39.2 cm³/mol. The molecule has 0 fully saturated rings. The normalized spacial score (nSPS) is 17.3. The van der Waals surface area contributed by atoms with Crippen molar-refractivity contribution in [3.8, 4) is 0 Å². The third-order valence-electron chi connectivity index (χ3n) is 2.17. The van der Waals surface area contributed by atoms with Crippen LogP contribution in [0, 0.1) is 11.8 Å². The lowest BCUT2D eigenvalue weighted by Crippen LogP contribution is -2.11. The molecule has 0 aromatic carbocycles. The molecular weight excluding hydrogens is 115 g/mol. The van der Waals surface area contributed by atoms with E-state index in [0.29, 0.717) is 11.8 Å². The van der Waals surface area contributed by atoms with Crippen LogP contribution in [-0.2, 0) is 0 Å². The van der Waals surface area contributed by atoms with E-state index in [1.54, 1.807) is 0 Å². The van der Waals surface area contributed by atoms with Gasteiger partial charge in [-0.2, -0.15) is 0 Å². The van der Waals surface area contributed by atoms with E-state index < -0.39 is 0 Å². The Labute approximate surface area is 57.5 Å². The molecule has 0 heterocycles. The quantitative estimate of drug-likeness (QED) is 0.551. The molecule has 9 heavy (non-hydrogen) atoms. The van der Waals surface area contributed by atoms with Crippen molar-refractivity contribution in [1.29, 1.82) is 0 Å². The van der Waals surface area contributed by atoms with E-state index in [-0.39, 0.29) is 6.67 Å². The summed E-state index contributed by atoms with van der Waals surface area (Å²) < 4.78 is 12.1. The first-order chi connectivity index (χ1) is 4.26. The van der Waals surface area contributed by atoms with E-state index in [0.717, 1.165) is 12.8 Å². The fourth-order valence-corrected chi connectivity index (χ4v) is 0.997. The van der Waals surface area contributed by atoms with Crippen LogP contribution in [0.5, 0.6) is 0 Å². The summed E-state index contributed by atoms with van der Waals surface area (Å²) in [5.41, 5.74) is 0. The fraction of sp³-hybridized carbons (Fsp3) is 1.00. The molecule has 2 atom stereocenters. The van der Waals surface area contributed by atoms with Gasteiger partial charge in [0.1, 0.15) is 0 Å². The minimum absolute atomic E-state index is 0.147. The maximum Gasteiger partial charge on any atom is 0.0925 e. The first-order valence-electron chi connectivity index (χ1n) is 3.82. The molecule has 0 aliphatic heterocycles. The summed E-state index contributed by atoms with van der Waals surface area (Å²) in [6.45, 7) is 6.14. The molecule has 56 valence electrons. The lowest BCUT2D eigenvalue weighted by atomic mass is 9.91. The number of hydrogen-bond acceptors (Lipinski definition) is 0. The first-order valence-corrected chi connectivity index (χ1v) is 3.82. The van der Waals surface area contributed by atoms with Gasteiger partial charge in [0.25, 0.3) is 0 Å². The average molecular weight is 132 g/mol. The maximum atomic E-state index is 12.1. The second-order valence-corrected chi connectivity index (χ2v) is 2.71. The molecule has 0 aromatic heterocycles. The zero-order chi connectivity index (χ0) is 7.28. The molecule has 0 aliphatic rings. The third kappa shape index (κ3) is 2.83. The van der Waals surface area contributed by atoms with Crippen LogP contribution in [0.15, 0.2) is 0 Å². The zero-order valence-corrected chi connectivity index (χ0v) is 6.65. The zero-order valence-electron chi connectivity index (χ0n) is 6.65. The summed E-state index contributed by atoms with van der Waals surface area (Å²) in [6, 6.07) is 0. The molecule has 2 unspecified atom stereocenters. The molecule has 0 amide bonds. The van der Waals surface area contributed by atoms with Gasteiger partial charge in [-0.05, 0) is 11.8 Å². The van der Waals surface area contributed by atoms with E-state index in [2.05, 4.69) is 20.8 Å². The van der Waals surface area contributed by atoms with Crippen LogP contribution in [0.1, 0.15) is 33.6 Å². The van der Waals surface area contributed by atoms with E-state index in [4.69, 9.17) is 0 Å². The monoisotopic (exact) mass is 132 g/mol. The summed E-state index contributed by atoms with van der Waals surface area (Å²) in [6.07, 6.45) is 2.08. The van der Waals surface area contributed by atoms with Crippen LogP contribution in [-0.4, -0.2) is 6.67 Å². The van der Waals surface area contributed by atoms with Gasteiger partial charge in [0, 0.05) is 0 Å². The highest BCUT2D eigenvalue weighted by molar-refractivity contribution is 4.61. The van der Waals surface area contributed by atoms with Crippen LogP contribution in [0.25, 0.3) is 0 Å². The molecule has 0 nitrogen and oxygen atoms in total. The lowest BCUT2D eigenvalue weighted by Gasteiger charge is -2.16. The molecule has 0 aliphatic carbocycles. The highest BCUT2D eigenvalue weighted by atomic mass is 19.1. The molecule has 0 rings (SSSR count). The SMILES string of the molecule is CCC(C)C(CC)CF. The second-order valence-electron chi connectivity index (χ2n) is 2.71. The number of alkyl halides is 1. The Bertz CT molecular complexity index is 57.6. The molecule has 1 heteroatoms. The Kier molecular flexibility index (Phi) is 4.74. The first kappa shape index (κ1) is 8.93. The van der Waals surface area contributed by atoms with Gasteiger partial charge < -0.3 is 0 Å². The molecule has 0 saturated carbocycles. The van der Waals surface area contributed by atoms with Gasteiger partial charge in [-0.25, -0.2) is 0 Å². The minimum atomic E-state index is -0.147. The molecule has 0 bridgehead atoms. The van der Waals surface area contributed by atoms with Crippen LogP contribution in [0.4, 0.5) is 4.39 Å². The highest BCUT2D eigenvalue weighted by Gasteiger charge is 2.11. The average Bonchev–Trinajstić information content (AvgIpc) is 1.90. The van der Waals surface area contributed by atoms with E-state index >= 15 is 0 Å². The highest BCUT2D eigenvalue weighted by Crippen LogP contribution is 2.18. The van der Waals surface area contributed by atoms with Crippen LogP contribution < -0.4 is 0 Å². The van der Waals surface area contributed by atoms with E-state index in [1.165, 1.54) is 0 Å². The fourth-order valence-electron chi connectivity index (χ4n) is 0.997. The van der Waals surface area contributed by atoms with Crippen LogP contribution in [0.3, 0.4) is 0 Å². The minimum Gasteiger partial charge on any atom is -0.251 e. The summed E-state index contributed by atoms with van der Waals surface area (Å²) in [7, 11) is 0. The van der Waals surface area contributed by atoms with Crippen LogP contribution >= 0.6 is 0 Å². The largest absolute Gasteiger partial charge is 0.251 e. The molecule has 0 spiro atoms. The predicted octanol–water partition coefficient (Wildman–Crippen LogP) is 3.03. The summed E-state index contributed by atoms with van der Waals surface area (Å²) in [4.78, 5) is 0. The lowest BCUT2D eigenvalue weighted by molar-refractivity contribution is 0.261. The van der Waals surface area contributed by atoms with Gasteiger partial charge >= 0.3 is 0 Å². The van der Waals surface area contributed by atoms with Crippen LogP contribution in [0.2, 0.25) is 0 Å². The van der Waals surface area contributed by atoms with Crippen molar-refractivity contribution >= 4 is 0 Å². The van der Waals surface area contributed by atoms with Gasteiger partial charge in [0.05, 0.1) is 6.67 Å². The Morgan fingerprint density at radius 2 is 1.78 bits per heavy atom. The van der Waals surface area contributed by atoms with Crippen molar-refractivity contribution in [3.05, 3.63) is 0 Å². The van der Waals surface area contributed by atoms with Gasteiger partial charge in [-0.1, -0.05) is 33.6 Å². The van der Waals surface area contributed by atoms with Gasteiger partial charge in [-0.15, -0.1) is 0 Å². The van der Waals surface area contributed by atoms with E-state index in [1.807, 2.05) is 0 Å². The van der Waals surface area contributed by atoms with Crippen molar-refractivity contribution in [1.82, 2.24) is 0 Å². The number of rotatable bonds is 4. The maximum absolute atomic E-state index is 12.1. The Morgan fingerprint density at radius 3 is 1.89 bits per heavy atom. The smallest absolute Gasteiger partial charge is 0.0925 e. The molecule has 0 N–H and O–H groups in total. The molecule has 0 saturated heterocycles. The summed E-state index contributed by atoms with van der Waals surface area (Å²) in [5.74, 6) is 0.856. The molecular formula is C8H17F. The number of halogens is 1. The standard InChI is InChI=1S/C8H17F/c1-4-7(3)8(5-2)6-9/h7-8H,4-6H2,1-3H3. The van der Waals surface area contributed by atoms with E-state index in [9.17, 15) is 4.39 Å². The van der Waals surface area contributed by atoms with Gasteiger partial charge in [0.15, 0.2) is 0 Å². The van der Waals surface area contributed by atoms with Crippen molar-refractivity contribution in [2.24, 2.45) is 11.8 Å². The Hall–Kier alpha value is -0.0700. The molecule has 0 aromatic rings. The van der Waals surface area contributed by atoms with Gasteiger partial charge in [0.2, 0.25) is 0 Å². The van der Waals surface area contributed by atoms with Crippen molar-refractivity contribution in [3.63, 3.8) is 0 Å². The number of hydrogen-bond donors (Lipinski definition) is 0. The van der Waals surface area contributed by atoms with Gasteiger partial charge in [-0.3, -0.25) is 4.39 Å². The summed E-state index contributed by atoms with van der Waals surface area (Å²) >= 11 is 0.